The molecule has 0 radical (unpaired) electrons. The summed E-state index contributed by atoms with van der Waals surface area (Å²) in [7, 11) is 0. The van der Waals surface area contributed by atoms with Crippen molar-refractivity contribution in [3.05, 3.63) is 39.0 Å². The van der Waals surface area contributed by atoms with Crippen LogP contribution in [0.3, 0.4) is 0 Å². The van der Waals surface area contributed by atoms with Gasteiger partial charge in [0.1, 0.15) is 5.82 Å². The predicted octanol–water partition coefficient (Wildman–Crippen LogP) is 2.91. The van der Waals surface area contributed by atoms with E-state index in [9.17, 15) is 14.0 Å². The maximum Gasteiger partial charge on any atom is 0.290 e. The molecule has 1 heterocycles. The summed E-state index contributed by atoms with van der Waals surface area (Å²) < 4.78 is 13.3. The van der Waals surface area contributed by atoms with Gasteiger partial charge in [-0.1, -0.05) is 6.07 Å². The number of benzene rings is 1. The van der Waals surface area contributed by atoms with E-state index in [2.05, 4.69) is 21.2 Å². The number of carbonyl (C=O) groups excluding carboxylic acids is 2. The Bertz CT molecular complexity index is 516. The molecule has 2 amide bonds. The van der Waals surface area contributed by atoms with Gasteiger partial charge in [0.05, 0.1) is 9.38 Å². The average molecular weight is 302 g/mol. The van der Waals surface area contributed by atoms with Gasteiger partial charge in [0, 0.05) is 0 Å². The molecule has 2 rings (SSSR count). The van der Waals surface area contributed by atoms with Gasteiger partial charge >= 0.3 is 0 Å². The van der Waals surface area contributed by atoms with Crippen molar-refractivity contribution in [3.63, 3.8) is 0 Å². The minimum Gasteiger partial charge on any atom is -0.282 e. The van der Waals surface area contributed by atoms with Crippen molar-refractivity contribution < 1.29 is 14.0 Å². The van der Waals surface area contributed by atoms with Crippen LogP contribution in [0, 0.1) is 5.82 Å². The minimum absolute atomic E-state index is 0.309. The third-order valence-corrected chi connectivity index (χ3v) is 3.30. The summed E-state index contributed by atoms with van der Waals surface area (Å²) in [6, 6.07) is 4.36. The Hall–Kier alpha value is -1.14. The highest BCUT2D eigenvalue weighted by atomic mass is 79.9. The Labute approximate surface area is 103 Å². The molecule has 0 bridgehead atoms. The van der Waals surface area contributed by atoms with E-state index in [1.165, 1.54) is 18.2 Å². The summed E-state index contributed by atoms with van der Waals surface area (Å²) in [6.07, 6.45) is 1.54. The molecule has 6 heteroatoms. The van der Waals surface area contributed by atoms with Crippen LogP contribution in [0.2, 0.25) is 0 Å². The van der Waals surface area contributed by atoms with Crippen LogP contribution in [0.25, 0.3) is 6.08 Å². The number of amides is 2. The molecule has 1 fully saturated rings. The Kier molecular flexibility index (Phi) is 3.11. The molecule has 0 aliphatic carbocycles. The topological polar surface area (TPSA) is 46.2 Å². The molecule has 1 saturated heterocycles. The van der Waals surface area contributed by atoms with Crippen molar-refractivity contribution in [2.75, 3.05) is 0 Å². The van der Waals surface area contributed by atoms with Crippen LogP contribution in [0.1, 0.15) is 5.56 Å². The van der Waals surface area contributed by atoms with Gasteiger partial charge < -0.3 is 0 Å². The van der Waals surface area contributed by atoms with E-state index >= 15 is 0 Å². The zero-order valence-corrected chi connectivity index (χ0v) is 10.2. The molecule has 0 unspecified atom stereocenters. The lowest BCUT2D eigenvalue weighted by Crippen LogP contribution is -2.17. The molecule has 1 aliphatic heterocycles. The van der Waals surface area contributed by atoms with E-state index in [0.29, 0.717) is 14.9 Å². The molecule has 1 aromatic carbocycles. The van der Waals surface area contributed by atoms with Crippen LogP contribution >= 0.6 is 27.7 Å². The summed E-state index contributed by atoms with van der Waals surface area (Å²) in [6.45, 7) is 0. The van der Waals surface area contributed by atoms with Gasteiger partial charge in [-0.2, -0.15) is 0 Å². The van der Waals surface area contributed by atoms with Crippen molar-refractivity contribution >= 4 is 44.9 Å². The molecule has 0 spiro atoms. The first-order chi connectivity index (χ1) is 7.56. The summed E-state index contributed by atoms with van der Waals surface area (Å²) in [4.78, 5) is 22.4. The Balaban J connectivity index is 2.32. The minimum atomic E-state index is -0.421. The molecule has 16 heavy (non-hydrogen) atoms. The number of rotatable bonds is 1. The summed E-state index contributed by atoms with van der Waals surface area (Å²) in [5.41, 5.74) is 0.653. The zero-order valence-electron chi connectivity index (χ0n) is 7.79. The summed E-state index contributed by atoms with van der Waals surface area (Å²) in [5.74, 6) is -0.794. The fraction of sp³-hybridized carbons (Fsp3) is 0. The van der Waals surface area contributed by atoms with Gasteiger partial charge in [0.15, 0.2) is 0 Å². The Morgan fingerprint density at radius 3 is 2.69 bits per heavy atom. The molecule has 82 valence electrons. The maximum atomic E-state index is 12.9. The molecular weight excluding hydrogens is 297 g/mol. The van der Waals surface area contributed by atoms with Crippen LogP contribution in [-0.2, 0) is 4.79 Å². The second kappa shape index (κ2) is 4.39. The number of carbonyl (C=O) groups is 2. The SMILES string of the molecule is O=C1NC(=O)C(=Cc2ccc(F)c(Br)c2)S1. The maximum absolute atomic E-state index is 12.9. The van der Waals surface area contributed by atoms with Gasteiger partial charge in [-0.3, -0.25) is 14.9 Å². The van der Waals surface area contributed by atoms with E-state index in [0.717, 1.165) is 11.8 Å². The molecule has 1 N–H and O–H groups in total. The standard InChI is InChI=1S/C10H5BrFNO2S/c11-6-3-5(1-2-7(6)12)4-8-9(14)13-10(15)16-8/h1-4H,(H,13,14,15). The lowest BCUT2D eigenvalue weighted by molar-refractivity contribution is -0.115. The normalized spacial score (nSPS) is 18.0. The van der Waals surface area contributed by atoms with Gasteiger partial charge in [-0.15, -0.1) is 0 Å². The molecule has 0 aromatic heterocycles. The van der Waals surface area contributed by atoms with E-state index < -0.39 is 11.1 Å². The second-order valence-electron chi connectivity index (χ2n) is 3.03. The zero-order chi connectivity index (χ0) is 11.7. The van der Waals surface area contributed by atoms with Crippen LogP contribution in [0.4, 0.5) is 9.18 Å². The number of halogens is 2. The lowest BCUT2D eigenvalue weighted by atomic mass is 10.2. The predicted molar refractivity (Wildman–Crippen MR) is 63.2 cm³/mol. The van der Waals surface area contributed by atoms with Crippen LogP contribution in [0.5, 0.6) is 0 Å². The Morgan fingerprint density at radius 2 is 2.12 bits per heavy atom. The highest BCUT2D eigenvalue weighted by Crippen LogP contribution is 2.26. The molecule has 1 aliphatic rings. The molecule has 0 atom stereocenters. The highest BCUT2D eigenvalue weighted by Gasteiger charge is 2.24. The first-order valence-electron chi connectivity index (χ1n) is 4.26. The number of imide groups is 1. The third kappa shape index (κ3) is 2.33. The summed E-state index contributed by atoms with van der Waals surface area (Å²) >= 11 is 3.87. The smallest absolute Gasteiger partial charge is 0.282 e. The van der Waals surface area contributed by atoms with Crippen molar-refractivity contribution in [1.82, 2.24) is 5.32 Å². The molecule has 3 nitrogen and oxygen atoms in total. The van der Waals surface area contributed by atoms with Crippen molar-refractivity contribution in [2.24, 2.45) is 0 Å². The largest absolute Gasteiger partial charge is 0.290 e. The van der Waals surface area contributed by atoms with Gasteiger partial charge in [-0.05, 0) is 51.5 Å². The van der Waals surface area contributed by atoms with Gasteiger partial charge in [0.2, 0.25) is 0 Å². The van der Waals surface area contributed by atoms with Crippen molar-refractivity contribution in [1.29, 1.82) is 0 Å². The van der Waals surface area contributed by atoms with Crippen LogP contribution in [0.15, 0.2) is 27.6 Å². The van der Waals surface area contributed by atoms with Gasteiger partial charge in [-0.25, -0.2) is 4.39 Å². The number of thioether (sulfide) groups is 1. The van der Waals surface area contributed by atoms with E-state index in [1.54, 1.807) is 6.07 Å². The first kappa shape index (κ1) is 11.3. The summed E-state index contributed by atoms with van der Waals surface area (Å²) in [5, 5.41) is 1.75. The van der Waals surface area contributed by atoms with Crippen LogP contribution in [-0.4, -0.2) is 11.1 Å². The van der Waals surface area contributed by atoms with Crippen molar-refractivity contribution in [2.45, 2.75) is 0 Å². The van der Waals surface area contributed by atoms with E-state index in [4.69, 9.17) is 0 Å². The lowest BCUT2D eigenvalue weighted by Gasteiger charge is -1.97. The second-order valence-corrected chi connectivity index (χ2v) is 4.89. The third-order valence-electron chi connectivity index (χ3n) is 1.88. The average Bonchev–Trinajstić information content (AvgIpc) is 2.51. The number of hydrogen-bond acceptors (Lipinski definition) is 3. The Morgan fingerprint density at radius 1 is 1.38 bits per heavy atom. The quantitative estimate of drug-likeness (QED) is 0.811. The molecular formula is C10H5BrFNO2S. The first-order valence-corrected chi connectivity index (χ1v) is 5.87. The van der Waals surface area contributed by atoms with Gasteiger partial charge in [0.25, 0.3) is 11.1 Å². The fourth-order valence-electron chi connectivity index (χ4n) is 1.17. The van der Waals surface area contributed by atoms with Crippen LogP contribution < -0.4 is 5.32 Å². The number of hydrogen-bond donors (Lipinski definition) is 1. The number of nitrogens with one attached hydrogen (secondary N) is 1. The van der Waals surface area contributed by atoms with E-state index in [1.807, 2.05) is 0 Å². The highest BCUT2D eigenvalue weighted by molar-refractivity contribution is 9.10. The monoisotopic (exact) mass is 301 g/mol. The fourth-order valence-corrected chi connectivity index (χ4v) is 2.25. The van der Waals surface area contributed by atoms with E-state index in [-0.39, 0.29) is 5.82 Å². The molecule has 0 saturated carbocycles. The van der Waals surface area contributed by atoms with Crippen molar-refractivity contribution in [3.8, 4) is 0 Å². The molecule has 1 aromatic rings.